The topological polar surface area (TPSA) is 41.6 Å². The summed E-state index contributed by atoms with van der Waals surface area (Å²) in [5.41, 5.74) is 0. The van der Waals surface area contributed by atoms with Gasteiger partial charge in [0.2, 0.25) is 0 Å². The average Bonchev–Trinajstić information content (AvgIpc) is 2.78. The minimum Gasteiger partial charge on any atom is -0.365 e. The van der Waals surface area contributed by atoms with Gasteiger partial charge in [-0.3, -0.25) is 4.79 Å². The maximum absolute atomic E-state index is 12.5. The number of likely N-dealkylation sites (tertiary alicyclic amines) is 1. The minimum atomic E-state index is -0.274. The maximum atomic E-state index is 12.5. The van der Waals surface area contributed by atoms with Crippen LogP contribution in [0.2, 0.25) is 0 Å². The molecule has 4 nitrogen and oxygen atoms in total. The molecule has 0 bridgehead atoms. The molecule has 0 aromatic rings. The molecule has 1 amide bonds. The Morgan fingerprint density at radius 3 is 2.33 bits per heavy atom. The fraction of sp³-hybridized carbons (Fsp3) is 0.941. The normalized spacial score (nSPS) is 29.0. The Morgan fingerprint density at radius 2 is 1.76 bits per heavy atom. The summed E-state index contributed by atoms with van der Waals surface area (Å²) in [6.07, 6.45) is 9.30. The highest BCUT2D eigenvalue weighted by molar-refractivity contribution is 5.80. The molecular formula is C17H32N2O2. The summed E-state index contributed by atoms with van der Waals surface area (Å²) in [4.78, 5) is 14.5. The highest BCUT2D eigenvalue weighted by atomic mass is 16.5. The van der Waals surface area contributed by atoms with Crippen LogP contribution in [0.5, 0.6) is 0 Å². The van der Waals surface area contributed by atoms with Gasteiger partial charge < -0.3 is 15.0 Å². The molecule has 21 heavy (non-hydrogen) atoms. The molecule has 1 unspecified atom stereocenters. The number of ether oxygens (including phenoxy) is 1. The molecule has 1 atom stereocenters. The van der Waals surface area contributed by atoms with E-state index >= 15 is 0 Å². The Morgan fingerprint density at radius 1 is 1.14 bits per heavy atom. The summed E-state index contributed by atoms with van der Waals surface area (Å²) in [5, 5.41) is 3.51. The minimum absolute atomic E-state index is 0.200. The summed E-state index contributed by atoms with van der Waals surface area (Å²) < 4.78 is 6.05. The SMILES string of the molecule is CCNC1CCC(OC(C)C(=O)N2CCCCCC2)CC1. The molecule has 0 spiro atoms. The molecule has 1 N–H and O–H groups in total. The number of hydrogen-bond acceptors (Lipinski definition) is 3. The zero-order valence-electron chi connectivity index (χ0n) is 13.8. The first-order chi connectivity index (χ1) is 10.2. The van der Waals surface area contributed by atoms with E-state index in [1.54, 1.807) is 0 Å². The molecule has 1 heterocycles. The molecule has 4 heteroatoms. The van der Waals surface area contributed by atoms with Crippen molar-refractivity contribution in [3.05, 3.63) is 0 Å². The quantitative estimate of drug-likeness (QED) is 0.848. The van der Waals surface area contributed by atoms with Gasteiger partial charge in [0.1, 0.15) is 6.10 Å². The lowest BCUT2D eigenvalue weighted by molar-refractivity contribution is -0.147. The van der Waals surface area contributed by atoms with E-state index < -0.39 is 0 Å². The number of hydrogen-bond donors (Lipinski definition) is 1. The lowest BCUT2D eigenvalue weighted by Gasteiger charge is -2.32. The average molecular weight is 296 g/mol. The van der Waals surface area contributed by atoms with Gasteiger partial charge in [0, 0.05) is 19.1 Å². The highest BCUT2D eigenvalue weighted by Gasteiger charge is 2.27. The molecule has 122 valence electrons. The van der Waals surface area contributed by atoms with Gasteiger partial charge in [0.05, 0.1) is 6.10 Å². The third-order valence-electron chi connectivity index (χ3n) is 4.83. The Balaban J connectivity index is 1.73. The first kappa shape index (κ1) is 16.8. The second kappa shape index (κ2) is 8.74. The molecule has 1 saturated heterocycles. The van der Waals surface area contributed by atoms with Gasteiger partial charge in [-0.05, 0) is 52.0 Å². The summed E-state index contributed by atoms with van der Waals surface area (Å²) in [6.45, 7) is 6.97. The third-order valence-corrected chi connectivity index (χ3v) is 4.83. The van der Waals surface area contributed by atoms with Gasteiger partial charge in [-0.1, -0.05) is 19.8 Å². The van der Waals surface area contributed by atoms with E-state index in [-0.39, 0.29) is 18.1 Å². The van der Waals surface area contributed by atoms with Crippen LogP contribution < -0.4 is 5.32 Å². The molecule has 0 radical (unpaired) electrons. The zero-order valence-corrected chi connectivity index (χ0v) is 13.8. The lowest BCUT2D eigenvalue weighted by Crippen LogP contribution is -2.42. The Hall–Kier alpha value is -0.610. The molecule has 1 saturated carbocycles. The molecule has 2 fully saturated rings. The van der Waals surface area contributed by atoms with Crippen LogP contribution in [-0.2, 0) is 9.53 Å². The van der Waals surface area contributed by atoms with Gasteiger partial charge >= 0.3 is 0 Å². The standard InChI is InChI=1S/C17H32N2O2/c1-3-18-15-8-10-16(11-9-15)21-14(2)17(20)19-12-6-4-5-7-13-19/h14-16,18H,3-13H2,1-2H3. The number of carbonyl (C=O) groups excluding carboxylic acids is 1. The Kier molecular flexibility index (Phi) is 6.97. The van der Waals surface area contributed by atoms with Gasteiger partial charge in [0.25, 0.3) is 5.91 Å². The summed E-state index contributed by atoms with van der Waals surface area (Å²) in [6, 6.07) is 0.645. The smallest absolute Gasteiger partial charge is 0.251 e. The number of nitrogens with one attached hydrogen (secondary N) is 1. The van der Waals surface area contributed by atoms with Gasteiger partial charge in [-0.25, -0.2) is 0 Å². The first-order valence-electron chi connectivity index (χ1n) is 8.88. The van der Waals surface area contributed by atoms with E-state index in [1.165, 1.54) is 25.7 Å². The van der Waals surface area contributed by atoms with E-state index in [2.05, 4.69) is 12.2 Å². The third kappa shape index (κ3) is 5.26. The van der Waals surface area contributed by atoms with Crippen molar-refractivity contribution in [3.8, 4) is 0 Å². The molecule has 2 rings (SSSR count). The second-order valence-corrected chi connectivity index (χ2v) is 6.55. The molecular weight excluding hydrogens is 264 g/mol. The number of rotatable bonds is 5. The van der Waals surface area contributed by atoms with Crippen LogP contribution in [0.3, 0.4) is 0 Å². The number of amides is 1. The summed E-state index contributed by atoms with van der Waals surface area (Å²) in [5.74, 6) is 0.200. The van der Waals surface area contributed by atoms with Crippen LogP contribution in [-0.4, -0.2) is 48.7 Å². The van der Waals surface area contributed by atoms with Gasteiger partial charge in [-0.15, -0.1) is 0 Å². The first-order valence-corrected chi connectivity index (χ1v) is 8.88. The lowest BCUT2D eigenvalue weighted by atomic mass is 9.93. The fourth-order valence-corrected chi connectivity index (χ4v) is 3.59. The molecule has 2 aliphatic rings. The van der Waals surface area contributed by atoms with E-state index in [9.17, 15) is 4.79 Å². The summed E-state index contributed by atoms with van der Waals surface area (Å²) in [7, 11) is 0. The summed E-state index contributed by atoms with van der Waals surface area (Å²) >= 11 is 0. The van der Waals surface area contributed by atoms with Crippen molar-refractivity contribution in [2.24, 2.45) is 0 Å². The largest absolute Gasteiger partial charge is 0.365 e. The van der Waals surface area contributed by atoms with Crippen molar-refractivity contribution in [3.63, 3.8) is 0 Å². The van der Waals surface area contributed by atoms with E-state index in [0.29, 0.717) is 6.04 Å². The molecule has 0 aromatic carbocycles. The van der Waals surface area contributed by atoms with Crippen molar-refractivity contribution in [2.45, 2.75) is 83.5 Å². The van der Waals surface area contributed by atoms with Gasteiger partial charge in [0.15, 0.2) is 0 Å². The van der Waals surface area contributed by atoms with Gasteiger partial charge in [-0.2, -0.15) is 0 Å². The number of nitrogens with zero attached hydrogens (tertiary/aromatic N) is 1. The van der Waals surface area contributed by atoms with Crippen molar-refractivity contribution in [1.82, 2.24) is 10.2 Å². The fourth-order valence-electron chi connectivity index (χ4n) is 3.59. The Bertz CT molecular complexity index is 306. The Labute approximate surface area is 129 Å². The van der Waals surface area contributed by atoms with Crippen LogP contribution >= 0.6 is 0 Å². The monoisotopic (exact) mass is 296 g/mol. The predicted octanol–water partition coefficient (Wildman–Crippen LogP) is 2.71. The van der Waals surface area contributed by atoms with Crippen molar-refractivity contribution in [2.75, 3.05) is 19.6 Å². The highest BCUT2D eigenvalue weighted by Crippen LogP contribution is 2.23. The van der Waals surface area contributed by atoms with Crippen molar-refractivity contribution < 1.29 is 9.53 Å². The molecule has 1 aliphatic heterocycles. The zero-order chi connectivity index (χ0) is 15.1. The van der Waals surface area contributed by atoms with Crippen LogP contribution in [0.1, 0.15) is 65.2 Å². The van der Waals surface area contributed by atoms with Crippen LogP contribution in [0.4, 0.5) is 0 Å². The van der Waals surface area contributed by atoms with E-state index in [0.717, 1.165) is 45.3 Å². The number of carbonyl (C=O) groups is 1. The molecule has 1 aliphatic carbocycles. The van der Waals surface area contributed by atoms with Crippen LogP contribution in [0.15, 0.2) is 0 Å². The predicted molar refractivity (Wildman–Crippen MR) is 85.3 cm³/mol. The van der Waals surface area contributed by atoms with E-state index in [1.807, 2.05) is 11.8 Å². The van der Waals surface area contributed by atoms with Crippen molar-refractivity contribution >= 4 is 5.91 Å². The van der Waals surface area contributed by atoms with Crippen LogP contribution in [0.25, 0.3) is 0 Å². The second-order valence-electron chi connectivity index (χ2n) is 6.55. The van der Waals surface area contributed by atoms with E-state index in [4.69, 9.17) is 4.74 Å². The maximum Gasteiger partial charge on any atom is 0.251 e. The van der Waals surface area contributed by atoms with Crippen LogP contribution in [0, 0.1) is 0 Å². The van der Waals surface area contributed by atoms with Crippen molar-refractivity contribution in [1.29, 1.82) is 0 Å². The molecule has 0 aromatic heterocycles.